The number of halogens is 1. The maximum Gasteiger partial charge on any atom is 0.306 e. The molecule has 92 valence electrons. The summed E-state index contributed by atoms with van der Waals surface area (Å²) >= 11 is 3.41. The molecule has 0 bridgehead atoms. The predicted octanol–water partition coefficient (Wildman–Crippen LogP) is 3.88. The average Bonchev–Trinajstić information content (AvgIpc) is 2.32. The van der Waals surface area contributed by atoms with E-state index in [0.29, 0.717) is 5.92 Å². The minimum absolute atomic E-state index is 0.146. The Morgan fingerprint density at radius 3 is 2.53 bits per heavy atom. The van der Waals surface area contributed by atoms with Gasteiger partial charge >= 0.3 is 5.97 Å². The molecule has 2 atom stereocenters. The van der Waals surface area contributed by atoms with Gasteiger partial charge in [0.2, 0.25) is 0 Å². The Labute approximate surface area is 110 Å². The SMILES string of the molecule is O=C(O)C1CCCCC1Cc1ccc(Br)cc1. The zero-order valence-electron chi connectivity index (χ0n) is 9.73. The van der Waals surface area contributed by atoms with Gasteiger partial charge in [0.25, 0.3) is 0 Å². The Kier molecular flexibility index (Phi) is 4.21. The number of aliphatic carboxylic acids is 1. The third-order valence-corrected chi connectivity index (χ3v) is 4.17. The highest BCUT2D eigenvalue weighted by Gasteiger charge is 2.30. The van der Waals surface area contributed by atoms with Crippen LogP contribution in [0.5, 0.6) is 0 Å². The third kappa shape index (κ3) is 3.32. The van der Waals surface area contributed by atoms with E-state index >= 15 is 0 Å². The van der Waals surface area contributed by atoms with E-state index in [4.69, 9.17) is 0 Å². The van der Waals surface area contributed by atoms with Crippen molar-refractivity contribution in [1.82, 2.24) is 0 Å². The van der Waals surface area contributed by atoms with Gasteiger partial charge in [0, 0.05) is 4.47 Å². The van der Waals surface area contributed by atoms with Gasteiger partial charge in [-0.3, -0.25) is 4.79 Å². The number of hydrogen-bond donors (Lipinski definition) is 1. The van der Waals surface area contributed by atoms with Crippen LogP contribution in [0.25, 0.3) is 0 Å². The number of carboxylic acids is 1. The van der Waals surface area contributed by atoms with Crippen LogP contribution in [0.2, 0.25) is 0 Å². The number of benzene rings is 1. The second-order valence-corrected chi connectivity index (χ2v) is 5.74. The third-order valence-electron chi connectivity index (χ3n) is 3.64. The fraction of sp³-hybridized carbons (Fsp3) is 0.500. The van der Waals surface area contributed by atoms with Gasteiger partial charge in [-0.15, -0.1) is 0 Å². The quantitative estimate of drug-likeness (QED) is 0.919. The topological polar surface area (TPSA) is 37.3 Å². The van der Waals surface area contributed by atoms with Crippen LogP contribution in [0.1, 0.15) is 31.2 Å². The molecule has 1 aliphatic carbocycles. The summed E-state index contributed by atoms with van der Waals surface area (Å²) in [5.41, 5.74) is 1.24. The normalized spacial score (nSPS) is 24.5. The summed E-state index contributed by atoms with van der Waals surface area (Å²) in [6, 6.07) is 8.21. The highest BCUT2D eigenvalue weighted by atomic mass is 79.9. The largest absolute Gasteiger partial charge is 0.481 e. The van der Waals surface area contributed by atoms with Gasteiger partial charge in [0.05, 0.1) is 5.92 Å². The van der Waals surface area contributed by atoms with E-state index < -0.39 is 5.97 Å². The van der Waals surface area contributed by atoms with Crippen LogP contribution < -0.4 is 0 Å². The van der Waals surface area contributed by atoms with E-state index in [1.54, 1.807) is 0 Å². The number of carbonyl (C=O) groups is 1. The van der Waals surface area contributed by atoms with Crippen LogP contribution in [0.4, 0.5) is 0 Å². The molecule has 0 amide bonds. The molecule has 1 saturated carbocycles. The predicted molar refractivity (Wildman–Crippen MR) is 70.9 cm³/mol. The summed E-state index contributed by atoms with van der Waals surface area (Å²) in [6.07, 6.45) is 5.02. The summed E-state index contributed by atoms with van der Waals surface area (Å²) < 4.78 is 1.07. The summed E-state index contributed by atoms with van der Waals surface area (Å²) in [5.74, 6) is -0.457. The fourth-order valence-corrected chi connectivity index (χ4v) is 2.96. The van der Waals surface area contributed by atoms with Crippen LogP contribution >= 0.6 is 15.9 Å². The lowest BCUT2D eigenvalue weighted by molar-refractivity contribution is -0.144. The van der Waals surface area contributed by atoms with Crippen molar-refractivity contribution in [3.63, 3.8) is 0 Å². The minimum atomic E-state index is -0.619. The van der Waals surface area contributed by atoms with Gasteiger partial charge in [0.1, 0.15) is 0 Å². The molecule has 2 rings (SSSR count). The highest BCUT2D eigenvalue weighted by Crippen LogP contribution is 2.32. The van der Waals surface area contributed by atoms with Crippen molar-refractivity contribution in [1.29, 1.82) is 0 Å². The first-order valence-electron chi connectivity index (χ1n) is 6.14. The van der Waals surface area contributed by atoms with E-state index in [2.05, 4.69) is 28.1 Å². The Bertz CT molecular complexity index is 386. The summed E-state index contributed by atoms with van der Waals surface area (Å²) in [4.78, 5) is 11.2. The molecule has 0 radical (unpaired) electrons. The molecule has 1 aliphatic rings. The van der Waals surface area contributed by atoms with Gasteiger partial charge in [-0.2, -0.15) is 0 Å². The molecule has 1 aromatic rings. The molecule has 0 saturated heterocycles. The van der Waals surface area contributed by atoms with E-state index in [0.717, 1.165) is 30.2 Å². The minimum Gasteiger partial charge on any atom is -0.481 e. The monoisotopic (exact) mass is 296 g/mol. The molecular formula is C14H17BrO2. The first kappa shape index (κ1) is 12.6. The van der Waals surface area contributed by atoms with Gasteiger partial charge in [0.15, 0.2) is 0 Å². The molecule has 0 heterocycles. The van der Waals surface area contributed by atoms with Gasteiger partial charge in [-0.05, 0) is 42.9 Å². The second kappa shape index (κ2) is 5.67. The molecule has 3 heteroatoms. The number of carboxylic acid groups (broad SMARTS) is 1. The maximum atomic E-state index is 11.2. The van der Waals surface area contributed by atoms with Crippen LogP contribution in [0, 0.1) is 11.8 Å². The van der Waals surface area contributed by atoms with Crippen molar-refractivity contribution in [2.75, 3.05) is 0 Å². The van der Waals surface area contributed by atoms with Gasteiger partial charge < -0.3 is 5.11 Å². The molecule has 17 heavy (non-hydrogen) atoms. The van der Waals surface area contributed by atoms with E-state index in [-0.39, 0.29) is 5.92 Å². The first-order valence-corrected chi connectivity index (χ1v) is 6.93. The lowest BCUT2D eigenvalue weighted by Gasteiger charge is -2.28. The zero-order valence-corrected chi connectivity index (χ0v) is 11.3. The smallest absolute Gasteiger partial charge is 0.306 e. The molecule has 2 unspecified atom stereocenters. The molecule has 0 spiro atoms. The molecule has 0 aromatic heterocycles. The van der Waals surface area contributed by atoms with Crippen molar-refractivity contribution >= 4 is 21.9 Å². The Balaban J connectivity index is 2.05. The maximum absolute atomic E-state index is 11.2. The van der Waals surface area contributed by atoms with Crippen molar-refractivity contribution in [3.8, 4) is 0 Å². The molecule has 1 fully saturated rings. The summed E-state index contributed by atoms with van der Waals surface area (Å²) in [7, 11) is 0. The lowest BCUT2D eigenvalue weighted by atomic mass is 9.76. The van der Waals surface area contributed by atoms with Crippen molar-refractivity contribution in [3.05, 3.63) is 34.3 Å². The van der Waals surface area contributed by atoms with Crippen LogP contribution in [-0.2, 0) is 11.2 Å². The average molecular weight is 297 g/mol. The molecule has 2 nitrogen and oxygen atoms in total. The fourth-order valence-electron chi connectivity index (χ4n) is 2.70. The zero-order chi connectivity index (χ0) is 12.3. The standard InChI is InChI=1S/C14H17BrO2/c15-12-7-5-10(6-8-12)9-11-3-1-2-4-13(11)14(16)17/h5-8,11,13H,1-4,9H2,(H,16,17). The number of rotatable bonds is 3. The van der Waals surface area contributed by atoms with Crippen LogP contribution in [0.3, 0.4) is 0 Å². The molecular weight excluding hydrogens is 280 g/mol. The Hall–Kier alpha value is -0.830. The summed E-state index contributed by atoms with van der Waals surface area (Å²) in [6.45, 7) is 0. The Morgan fingerprint density at radius 1 is 1.24 bits per heavy atom. The molecule has 1 aromatic carbocycles. The molecule has 1 N–H and O–H groups in total. The van der Waals surface area contributed by atoms with Crippen LogP contribution in [0.15, 0.2) is 28.7 Å². The van der Waals surface area contributed by atoms with E-state index in [1.165, 1.54) is 12.0 Å². The van der Waals surface area contributed by atoms with Crippen LogP contribution in [-0.4, -0.2) is 11.1 Å². The summed E-state index contributed by atoms with van der Waals surface area (Å²) in [5, 5.41) is 9.22. The molecule has 0 aliphatic heterocycles. The van der Waals surface area contributed by atoms with Gasteiger partial charge in [-0.25, -0.2) is 0 Å². The van der Waals surface area contributed by atoms with Crippen molar-refractivity contribution in [2.24, 2.45) is 11.8 Å². The second-order valence-electron chi connectivity index (χ2n) is 4.82. The highest BCUT2D eigenvalue weighted by molar-refractivity contribution is 9.10. The lowest BCUT2D eigenvalue weighted by Crippen LogP contribution is -2.28. The van der Waals surface area contributed by atoms with Gasteiger partial charge in [-0.1, -0.05) is 40.9 Å². The van der Waals surface area contributed by atoms with Crippen molar-refractivity contribution < 1.29 is 9.90 Å². The van der Waals surface area contributed by atoms with E-state index in [1.807, 2.05) is 12.1 Å². The van der Waals surface area contributed by atoms with Crippen molar-refractivity contribution in [2.45, 2.75) is 32.1 Å². The van der Waals surface area contributed by atoms with E-state index in [9.17, 15) is 9.90 Å². The Morgan fingerprint density at radius 2 is 1.88 bits per heavy atom. The number of hydrogen-bond acceptors (Lipinski definition) is 1. The first-order chi connectivity index (χ1) is 8.16.